The summed E-state index contributed by atoms with van der Waals surface area (Å²) in [5.41, 5.74) is 0. The van der Waals surface area contributed by atoms with Gasteiger partial charge >= 0.3 is 41.8 Å². The van der Waals surface area contributed by atoms with E-state index in [1.807, 2.05) is 0 Å². The molecule has 0 aliphatic heterocycles. The van der Waals surface area contributed by atoms with Gasteiger partial charge in [-0.05, 0) is 51.9 Å². The first-order chi connectivity index (χ1) is 14.7. The second-order valence-corrected chi connectivity index (χ2v) is 6.34. The number of hydrogen-bond acceptors (Lipinski definition) is 6. The average Bonchev–Trinajstić information content (AvgIpc) is 2.57. The van der Waals surface area contributed by atoms with E-state index in [0.29, 0.717) is 0 Å². The second kappa shape index (κ2) is 15.9. The van der Waals surface area contributed by atoms with E-state index in [0.717, 1.165) is 13.1 Å². The number of ketones is 2. The summed E-state index contributed by atoms with van der Waals surface area (Å²) in [6.07, 6.45) is -23.9. The number of likely N-dealkylation sites (N-methyl/N-ethyl adjacent to an activating group) is 2. The minimum atomic E-state index is -5.46. The van der Waals surface area contributed by atoms with Crippen molar-refractivity contribution in [1.82, 2.24) is 9.80 Å². The Hall–Kier alpha value is -1.98. The van der Waals surface area contributed by atoms with Crippen LogP contribution in [0.1, 0.15) is 0 Å². The van der Waals surface area contributed by atoms with Gasteiger partial charge in [0.2, 0.25) is 0 Å². The molecule has 19 heteroatoms. The van der Waals surface area contributed by atoms with Gasteiger partial charge in [-0.3, -0.25) is 9.59 Å². The number of nitrogens with zero attached hydrogens (tertiary/aromatic N) is 2. The van der Waals surface area contributed by atoms with Crippen LogP contribution in [-0.4, -0.2) is 87.4 Å². The Kier molecular flexibility index (Phi) is 18.3. The molecule has 208 valence electrons. The third-order valence-corrected chi connectivity index (χ3v) is 2.64. The molecule has 0 aromatic rings. The van der Waals surface area contributed by atoms with Gasteiger partial charge in [0.15, 0.2) is 0 Å². The standard InChI is InChI=1S/C6H16N2.2C5H2F6O2.Fe/c1-7(2)5-6-8(3)4;2*6-4(7,8)2(12)1-3(13)5(9,10)11;/h5-6H2,1-4H3;2*1,12H;/q;;;+2/p-2/b;2*2-1+;. The van der Waals surface area contributed by atoms with E-state index >= 15 is 0 Å². The van der Waals surface area contributed by atoms with E-state index in [1.165, 1.54) is 0 Å². The maximum atomic E-state index is 11.3. The van der Waals surface area contributed by atoms with Gasteiger partial charge in [0, 0.05) is 13.1 Å². The SMILES string of the molecule is CN(C)CCN(C)C.O=C(/C=C(/[O-])C(F)(F)F)C(F)(F)F.O=C(/C=C(/[O-])C(F)(F)F)C(F)(F)F.[Fe+2]. The Balaban J connectivity index is -0.000000209. The van der Waals surface area contributed by atoms with Crippen LogP contribution in [0.25, 0.3) is 0 Å². The van der Waals surface area contributed by atoms with Gasteiger partial charge < -0.3 is 20.0 Å². The number of halogens is 12. The molecule has 0 aromatic heterocycles. The summed E-state index contributed by atoms with van der Waals surface area (Å²) in [7, 11) is 8.35. The molecule has 6 nitrogen and oxygen atoms in total. The molecule has 0 saturated heterocycles. The molecule has 0 fully saturated rings. The van der Waals surface area contributed by atoms with Gasteiger partial charge in [-0.1, -0.05) is 0 Å². The molecule has 0 heterocycles. The van der Waals surface area contributed by atoms with Crippen LogP contribution < -0.4 is 10.2 Å². The van der Waals surface area contributed by atoms with E-state index in [2.05, 4.69) is 38.0 Å². The third-order valence-electron chi connectivity index (χ3n) is 2.64. The zero-order chi connectivity index (χ0) is 28.3. The molecule has 0 atom stereocenters. The summed E-state index contributed by atoms with van der Waals surface area (Å²) in [5.74, 6) is -11.3. The van der Waals surface area contributed by atoms with Crippen molar-refractivity contribution in [2.75, 3.05) is 41.3 Å². The number of carbonyl (C=O) groups is 2. The molecular formula is C16H18F12FeN2O4. The van der Waals surface area contributed by atoms with Gasteiger partial charge in [-0.25, -0.2) is 0 Å². The molecular weight excluding hydrogens is 568 g/mol. The summed E-state index contributed by atoms with van der Waals surface area (Å²) in [6.45, 7) is 2.29. The zero-order valence-electron chi connectivity index (χ0n) is 18.0. The first kappa shape index (κ1) is 40.2. The third kappa shape index (κ3) is 23.5. The predicted molar refractivity (Wildman–Crippen MR) is 87.5 cm³/mol. The molecule has 35 heavy (non-hydrogen) atoms. The van der Waals surface area contributed by atoms with Crippen molar-refractivity contribution >= 4 is 11.6 Å². The molecule has 0 rings (SSSR count). The normalized spacial score (nSPS) is 13.3. The smallest absolute Gasteiger partial charge is 0.869 e. The minimum Gasteiger partial charge on any atom is -0.869 e. The van der Waals surface area contributed by atoms with Gasteiger partial charge in [0.25, 0.3) is 11.6 Å². The fourth-order valence-electron chi connectivity index (χ4n) is 0.965. The van der Waals surface area contributed by atoms with Gasteiger partial charge in [-0.2, -0.15) is 52.7 Å². The van der Waals surface area contributed by atoms with Crippen molar-refractivity contribution in [2.24, 2.45) is 0 Å². The van der Waals surface area contributed by atoms with Crippen LogP contribution in [-0.2, 0) is 26.7 Å². The number of hydrogen-bond donors (Lipinski definition) is 0. The number of carbonyl (C=O) groups excluding carboxylic acids is 2. The van der Waals surface area contributed by atoms with E-state index < -0.39 is 59.9 Å². The van der Waals surface area contributed by atoms with Crippen LogP contribution in [0, 0.1) is 0 Å². The van der Waals surface area contributed by atoms with Gasteiger partial charge in [0.1, 0.15) is 0 Å². The van der Waals surface area contributed by atoms with E-state index in [9.17, 15) is 72.5 Å². The van der Waals surface area contributed by atoms with E-state index in [1.54, 1.807) is 0 Å². The van der Waals surface area contributed by atoms with Crippen molar-refractivity contribution in [3.63, 3.8) is 0 Å². The molecule has 0 saturated carbocycles. The van der Waals surface area contributed by atoms with Gasteiger partial charge in [-0.15, -0.1) is 0 Å². The van der Waals surface area contributed by atoms with Crippen LogP contribution >= 0.6 is 0 Å². The molecule has 0 N–H and O–H groups in total. The Labute approximate surface area is 201 Å². The van der Waals surface area contributed by atoms with E-state index in [4.69, 9.17) is 0 Å². The summed E-state index contributed by atoms with van der Waals surface area (Å²) >= 11 is 0. The average molecular weight is 586 g/mol. The minimum absolute atomic E-state index is 0. The fraction of sp³-hybridized carbons (Fsp3) is 0.625. The number of allylic oxidation sites excluding steroid dienone is 4. The number of rotatable bonds is 5. The molecule has 0 amide bonds. The summed E-state index contributed by atoms with van der Waals surface area (Å²) in [6, 6.07) is 0. The topological polar surface area (TPSA) is 86.7 Å². The molecule has 0 radical (unpaired) electrons. The van der Waals surface area contributed by atoms with Crippen LogP contribution in [0.3, 0.4) is 0 Å². The van der Waals surface area contributed by atoms with Crippen molar-refractivity contribution in [3.8, 4) is 0 Å². The number of alkyl halides is 12. The van der Waals surface area contributed by atoms with E-state index in [-0.39, 0.29) is 17.1 Å². The van der Waals surface area contributed by atoms with Crippen molar-refractivity contribution in [2.45, 2.75) is 24.7 Å². The zero-order valence-corrected chi connectivity index (χ0v) is 19.1. The van der Waals surface area contributed by atoms with Crippen LogP contribution in [0.4, 0.5) is 52.7 Å². The maximum Gasteiger partial charge on any atom is 2.00 e. The monoisotopic (exact) mass is 586 g/mol. The first-order valence-electron chi connectivity index (χ1n) is 8.16. The van der Waals surface area contributed by atoms with Crippen molar-refractivity contribution in [1.29, 1.82) is 0 Å². The molecule has 0 aliphatic rings. The molecule has 0 spiro atoms. The Bertz CT molecular complexity index is 649. The largest absolute Gasteiger partial charge is 2.00 e. The molecule has 0 aromatic carbocycles. The second-order valence-electron chi connectivity index (χ2n) is 6.34. The summed E-state index contributed by atoms with van der Waals surface area (Å²) in [4.78, 5) is 24.0. The quantitative estimate of drug-likeness (QED) is 0.212. The summed E-state index contributed by atoms with van der Waals surface area (Å²) < 4.78 is 136. The first-order valence-corrected chi connectivity index (χ1v) is 8.16. The van der Waals surface area contributed by atoms with Crippen molar-refractivity contribution in [3.05, 3.63) is 23.7 Å². The Morgan fingerprint density at radius 1 is 0.571 bits per heavy atom. The van der Waals surface area contributed by atoms with Gasteiger partial charge in [0.05, 0.1) is 0 Å². The fourth-order valence-corrected chi connectivity index (χ4v) is 0.965. The van der Waals surface area contributed by atoms with Crippen LogP contribution in [0.2, 0.25) is 0 Å². The van der Waals surface area contributed by atoms with Crippen LogP contribution in [0.15, 0.2) is 23.7 Å². The Morgan fingerprint density at radius 2 is 0.771 bits per heavy atom. The Morgan fingerprint density at radius 3 is 0.886 bits per heavy atom. The molecule has 0 unspecified atom stereocenters. The van der Waals surface area contributed by atoms with Crippen LogP contribution in [0.5, 0.6) is 0 Å². The molecule has 0 aliphatic carbocycles. The summed E-state index contributed by atoms with van der Waals surface area (Å²) in [5, 5.41) is 19.6. The predicted octanol–water partition coefficient (Wildman–Crippen LogP) is 1.96. The molecule has 0 bridgehead atoms. The maximum absolute atomic E-state index is 11.3. The van der Waals surface area contributed by atoms with Crippen molar-refractivity contribution < 1.29 is 89.6 Å².